The Morgan fingerprint density at radius 2 is 2.09 bits per heavy atom. The Bertz CT molecular complexity index is 640. The van der Waals surface area contributed by atoms with Crippen molar-refractivity contribution in [3.05, 3.63) is 36.0 Å². The lowest BCUT2D eigenvalue weighted by Crippen LogP contribution is -2.30. The van der Waals surface area contributed by atoms with Gasteiger partial charge in [0.05, 0.1) is 18.5 Å². The van der Waals surface area contributed by atoms with Gasteiger partial charge in [0.1, 0.15) is 11.6 Å². The highest BCUT2D eigenvalue weighted by atomic mass is 32.2. The Kier molecular flexibility index (Phi) is 6.34. The van der Waals surface area contributed by atoms with Crippen LogP contribution in [0, 0.1) is 6.92 Å². The van der Waals surface area contributed by atoms with Crippen LogP contribution in [0.1, 0.15) is 12.1 Å². The van der Waals surface area contributed by atoms with Gasteiger partial charge in [-0.15, -0.1) is 0 Å². The number of carbonyl (C=O) groups excluding carboxylic acids is 1. The first-order valence-corrected chi connectivity index (χ1v) is 8.78. The topological polar surface area (TPSA) is 68.2 Å². The van der Waals surface area contributed by atoms with Crippen LogP contribution >= 0.6 is 11.8 Å². The molecule has 0 aliphatic carbocycles. The van der Waals surface area contributed by atoms with E-state index in [9.17, 15) is 4.79 Å². The average molecular weight is 334 g/mol. The number of benzene rings is 1. The summed E-state index contributed by atoms with van der Waals surface area (Å²) in [4.78, 5) is 12.0. The third-order valence-corrected chi connectivity index (χ3v) is 3.90. The van der Waals surface area contributed by atoms with E-state index in [0.29, 0.717) is 12.4 Å². The highest BCUT2D eigenvalue weighted by Crippen LogP contribution is 2.19. The molecule has 0 unspecified atom stereocenters. The molecule has 0 radical (unpaired) electrons. The van der Waals surface area contributed by atoms with E-state index >= 15 is 0 Å². The SMILES string of the molecule is COc1ccc(-n2nc(C)cc2NC(=O)NCCCSC)cc1. The molecule has 7 heteroatoms. The van der Waals surface area contributed by atoms with E-state index in [4.69, 9.17) is 4.74 Å². The molecule has 1 aromatic heterocycles. The minimum absolute atomic E-state index is 0.222. The molecule has 0 aliphatic heterocycles. The molecule has 0 bridgehead atoms. The van der Waals surface area contributed by atoms with Crippen LogP contribution < -0.4 is 15.4 Å². The highest BCUT2D eigenvalue weighted by Gasteiger charge is 2.10. The molecule has 0 fully saturated rings. The van der Waals surface area contributed by atoms with E-state index < -0.39 is 0 Å². The van der Waals surface area contributed by atoms with Gasteiger partial charge in [0, 0.05) is 12.6 Å². The summed E-state index contributed by atoms with van der Waals surface area (Å²) >= 11 is 1.77. The first-order valence-electron chi connectivity index (χ1n) is 7.39. The number of ether oxygens (including phenoxy) is 1. The van der Waals surface area contributed by atoms with Crippen LogP contribution in [0.15, 0.2) is 30.3 Å². The lowest BCUT2D eigenvalue weighted by molar-refractivity contribution is 0.252. The summed E-state index contributed by atoms with van der Waals surface area (Å²) in [6.45, 7) is 2.55. The molecule has 2 rings (SSSR count). The molecule has 1 aromatic carbocycles. The van der Waals surface area contributed by atoms with Crippen molar-refractivity contribution in [3.63, 3.8) is 0 Å². The van der Waals surface area contributed by atoms with Crippen LogP contribution in [0.5, 0.6) is 5.75 Å². The van der Waals surface area contributed by atoms with E-state index in [0.717, 1.165) is 29.3 Å². The molecule has 23 heavy (non-hydrogen) atoms. The monoisotopic (exact) mass is 334 g/mol. The number of thioether (sulfide) groups is 1. The number of amides is 2. The number of anilines is 1. The fraction of sp³-hybridized carbons (Fsp3) is 0.375. The molecular weight excluding hydrogens is 312 g/mol. The summed E-state index contributed by atoms with van der Waals surface area (Å²) in [5.41, 5.74) is 1.69. The third kappa shape index (κ3) is 4.92. The van der Waals surface area contributed by atoms with Gasteiger partial charge < -0.3 is 10.1 Å². The van der Waals surface area contributed by atoms with Crippen molar-refractivity contribution in [3.8, 4) is 11.4 Å². The van der Waals surface area contributed by atoms with Crippen LogP contribution in [0.2, 0.25) is 0 Å². The van der Waals surface area contributed by atoms with Crippen molar-refractivity contribution >= 4 is 23.6 Å². The quantitative estimate of drug-likeness (QED) is 0.764. The minimum atomic E-state index is -0.222. The lowest BCUT2D eigenvalue weighted by Gasteiger charge is -2.10. The van der Waals surface area contributed by atoms with Gasteiger partial charge in [0.2, 0.25) is 0 Å². The molecule has 0 saturated carbocycles. The molecule has 1 heterocycles. The number of aromatic nitrogens is 2. The fourth-order valence-electron chi connectivity index (χ4n) is 2.09. The number of aryl methyl sites for hydroxylation is 1. The fourth-order valence-corrected chi connectivity index (χ4v) is 2.52. The number of rotatable bonds is 7. The molecular formula is C16H22N4O2S. The number of methoxy groups -OCH3 is 1. The number of urea groups is 1. The molecule has 124 valence electrons. The van der Waals surface area contributed by atoms with Crippen LogP contribution in [-0.4, -0.2) is 41.5 Å². The first-order chi connectivity index (χ1) is 11.1. The zero-order chi connectivity index (χ0) is 16.7. The molecule has 0 aliphatic rings. The Labute approximate surface area is 140 Å². The van der Waals surface area contributed by atoms with Crippen molar-refractivity contribution < 1.29 is 9.53 Å². The number of nitrogens with zero attached hydrogens (tertiary/aromatic N) is 2. The Balaban J connectivity index is 2.06. The van der Waals surface area contributed by atoms with Gasteiger partial charge in [0.25, 0.3) is 0 Å². The van der Waals surface area contributed by atoms with Crippen LogP contribution in [0.4, 0.5) is 10.6 Å². The molecule has 0 spiro atoms. The molecule has 2 N–H and O–H groups in total. The average Bonchev–Trinajstić information content (AvgIpc) is 2.92. The van der Waals surface area contributed by atoms with Gasteiger partial charge in [-0.05, 0) is 49.6 Å². The molecule has 0 saturated heterocycles. The van der Waals surface area contributed by atoms with Gasteiger partial charge in [-0.2, -0.15) is 16.9 Å². The standard InChI is InChI=1S/C16H22N4O2S/c1-12-11-15(18-16(21)17-9-4-10-23-3)20(19-12)13-5-7-14(22-2)8-6-13/h5-8,11H,4,9-10H2,1-3H3,(H2,17,18,21). The van der Waals surface area contributed by atoms with Crippen LogP contribution in [0.3, 0.4) is 0 Å². The molecule has 0 atom stereocenters. The van der Waals surface area contributed by atoms with Gasteiger partial charge in [-0.1, -0.05) is 0 Å². The lowest BCUT2D eigenvalue weighted by atomic mass is 10.3. The minimum Gasteiger partial charge on any atom is -0.497 e. The third-order valence-electron chi connectivity index (χ3n) is 3.20. The zero-order valence-corrected chi connectivity index (χ0v) is 14.4. The second-order valence-corrected chi connectivity index (χ2v) is 5.99. The number of hydrogen-bond donors (Lipinski definition) is 2. The van der Waals surface area contributed by atoms with Crippen LogP contribution in [-0.2, 0) is 0 Å². The normalized spacial score (nSPS) is 10.4. The van der Waals surface area contributed by atoms with E-state index in [1.165, 1.54) is 0 Å². The summed E-state index contributed by atoms with van der Waals surface area (Å²) in [6, 6.07) is 9.13. The summed E-state index contributed by atoms with van der Waals surface area (Å²) in [5.74, 6) is 2.44. The van der Waals surface area contributed by atoms with Gasteiger partial charge in [-0.3, -0.25) is 5.32 Å². The second-order valence-electron chi connectivity index (χ2n) is 5.01. The summed E-state index contributed by atoms with van der Waals surface area (Å²) in [7, 11) is 1.63. The smallest absolute Gasteiger partial charge is 0.320 e. The summed E-state index contributed by atoms with van der Waals surface area (Å²) < 4.78 is 6.86. The molecule has 2 aromatic rings. The predicted molar refractivity (Wildman–Crippen MR) is 94.9 cm³/mol. The Morgan fingerprint density at radius 3 is 2.74 bits per heavy atom. The Hall–Kier alpha value is -2.15. The van der Waals surface area contributed by atoms with Gasteiger partial charge in [0.15, 0.2) is 0 Å². The van der Waals surface area contributed by atoms with Gasteiger partial charge in [-0.25, -0.2) is 9.48 Å². The molecule has 6 nitrogen and oxygen atoms in total. The van der Waals surface area contributed by atoms with Gasteiger partial charge >= 0.3 is 6.03 Å². The summed E-state index contributed by atoms with van der Waals surface area (Å²) in [5, 5.41) is 10.1. The zero-order valence-electron chi connectivity index (χ0n) is 13.6. The van der Waals surface area contributed by atoms with E-state index in [1.54, 1.807) is 23.6 Å². The van der Waals surface area contributed by atoms with E-state index in [1.807, 2.05) is 37.3 Å². The number of hydrogen-bond acceptors (Lipinski definition) is 4. The van der Waals surface area contributed by atoms with Crippen molar-refractivity contribution in [2.45, 2.75) is 13.3 Å². The second kappa shape index (κ2) is 8.47. The number of nitrogens with one attached hydrogen (secondary N) is 2. The van der Waals surface area contributed by atoms with Crippen molar-refractivity contribution in [2.75, 3.05) is 31.0 Å². The largest absolute Gasteiger partial charge is 0.497 e. The van der Waals surface area contributed by atoms with Crippen LogP contribution in [0.25, 0.3) is 5.69 Å². The molecule has 2 amide bonds. The highest BCUT2D eigenvalue weighted by molar-refractivity contribution is 7.98. The maximum Gasteiger partial charge on any atom is 0.320 e. The van der Waals surface area contributed by atoms with E-state index in [-0.39, 0.29) is 6.03 Å². The predicted octanol–water partition coefficient (Wildman–Crippen LogP) is 3.06. The Morgan fingerprint density at radius 1 is 1.35 bits per heavy atom. The number of carbonyl (C=O) groups is 1. The van der Waals surface area contributed by atoms with Crippen molar-refractivity contribution in [1.82, 2.24) is 15.1 Å². The van der Waals surface area contributed by atoms with E-state index in [2.05, 4.69) is 22.0 Å². The van der Waals surface area contributed by atoms with Crippen molar-refractivity contribution in [1.29, 1.82) is 0 Å². The first kappa shape index (κ1) is 17.2. The maximum atomic E-state index is 12.0. The summed E-state index contributed by atoms with van der Waals surface area (Å²) in [6.07, 6.45) is 3.00. The maximum absolute atomic E-state index is 12.0. The van der Waals surface area contributed by atoms with Crippen molar-refractivity contribution in [2.24, 2.45) is 0 Å².